The molecule has 3 aliphatic rings. The van der Waals surface area contributed by atoms with E-state index in [4.69, 9.17) is 0 Å². The van der Waals surface area contributed by atoms with Crippen molar-refractivity contribution in [2.45, 2.75) is 45.1 Å². The van der Waals surface area contributed by atoms with Crippen LogP contribution in [0.4, 0.5) is 4.79 Å². The first-order valence-electron chi connectivity index (χ1n) is 7.98. The summed E-state index contributed by atoms with van der Waals surface area (Å²) >= 11 is 0. The van der Waals surface area contributed by atoms with Crippen LogP contribution in [0.15, 0.2) is 0 Å². The maximum Gasteiger partial charge on any atom is 0.317 e. The lowest BCUT2D eigenvalue weighted by molar-refractivity contribution is -0.137. The number of urea groups is 1. The highest BCUT2D eigenvalue weighted by atomic mass is 16.2. The van der Waals surface area contributed by atoms with Crippen LogP contribution < -0.4 is 5.32 Å². The van der Waals surface area contributed by atoms with E-state index in [1.54, 1.807) is 0 Å². The Morgan fingerprint density at radius 2 is 2.10 bits per heavy atom. The van der Waals surface area contributed by atoms with Gasteiger partial charge in [0.1, 0.15) is 0 Å². The summed E-state index contributed by atoms with van der Waals surface area (Å²) in [5.41, 5.74) is 0. The second-order valence-electron chi connectivity index (χ2n) is 6.60. The second-order valence-corrected chi connectivity index (χ2v) is 6.60. The molecule has 1 saturated carbocycles. The van der Waals surface area contributed by atoms with E-state index in [0.29, 0.717) is 26.2 Å². The number of fused-ring (bicyclic) bond motifs is 1. The molecule has 0 unspecified atom stereocenters. The lowest BCUT2D eigenvalue weighted by Crippen LogP contribution is -2.54. The van der Waals surface area contributed by atoms with E-state index in [1.807, 2.05) is 9.80 Å². The zero-order valence-corrected chi connectivity index (χ0v) is 12.3. The molecule has 2 heterocycles. The molecule has 0 spiro atoms. The van der Waals surface area contributed by atoms with Gasteiger partial charge in [0.2, 0.25) is 5.91 Å². The minimum absolute atomic E-state index is 0.0288. The first-order valence-corrected chi connectivity index (χ1v) is 7.98. The van der Waals surface area contributed by atoms with Crippen molar-refractivity contribution in [3.63, 3.8) is 0 Å². The summed E-state index contributed by atoms with van der Waals surface area (Å²) in [7, 11) is 0. The molecule has 5 heteroatoms. The summed E-state index contributed by atoms with van der Waals surface area (Å²) in [4.78, 5) is 28.0. The van der Waals surface area contributed by atoms with Crippen molar-refractivity contribution >= 4 is 11.9 Å². The Bertz CT molecular complexity index is 393. The molecule has 0 aromatic heterocycles. The smallest absolute Gasteiger partial charge is 0.317 e. The minimum atomic E-state index is 0.0288. The molecule has 0 radical (unpaired) electrons. The van der Waals surface area contributed by atoms with Gasteiger partial charge in [-0.1, -0.05) is 32.6 Å². The van der Waals surface area contributed by atoms with Crippen molar-refractivity contribution in [3.05, 3.63) is 0 Å². The lowest BCUT2D eigenvalue weighted by Gasteiger charge is -2.37. The van der Waals surface area contributed by atoms with Crippen LogP contribution in [0.25, 0.3) is 0 Å². The SMILES string of the molecule is C[C@H](CC1CCCC1)C(=O)N1CCN2C(=O)NC[C@H]2C1. The Kier molecular flexibility index (Phi) is 3.85. The van der Waals surface area contributed by atoms with Gasteiger partial charge in [0.25, 0.3) is 0 Å². The van der Waals surface area contributed by atoms with Crippen LogP contribution >= 0.6 is 0 Å². The van der Waals surface area contributed by atoms with Crippen LogP contribution in [-0.4, -0.2) is 54.0 Å². The zero-order valence-electron chi connectivity index (χ0n) is 12.3. The van der Waals surface area contributed by atoms with Crippen molar-refractivity contribution in [2.75, 3.05) is 26.2 Å². The summed E-state index contributed by atoms with van der Waals surface area (Å²) in [6.45, 7) is 4.83. The molecule has 2 saturated heterocycles. The van der Waals surface area contributed by atoms with Crippen LogP contribution in [-0.2, 0) is 4.79 Å². The van der Waals surface area contributed by atoms with E-state index in [0.717, 1.165) is 12.3 Å². The van der Waals surface area contributed by atoms with Crippen LogP contribution in [0.5, 0.6) is 0 Å². The normalized spacial score (nSPS) is 28.4. The van der Waals surface area contributed by atoms with Crippen molar-refractivity contribution < 1.29 is 9.59 Å². The highest BCUT2D eigenvalue weighted by Crippen LogP contribution is 2.31. The Hall–Kier alpha value is -1.26. The van der Waals surface area contributed by atoms with E-state index in [-0.39, 0.29) is 23.9 Å². The summed E-state index contributed by atoms with van der Waals surface area (Å²) in [5.74, 6) is 1.18. The maximum absolute atomic E-state index is 12.6. The number of carbonyl (C=O) groups excluding carboxylic acids is 2. The second kappa shape index (κ2) is 5.62. The largest absolute Gasteiger partial charge is 0.339 e. The molecule has 1 aliphatic carbocycles. The Morgan fingerprint density at radius 3 is 2.85 bits per heavy atom. The summed E-state index contributed by atoms with van der Waals surface area (Å²) < 4.78 is 0. The molecule has 3 amide bonds. The summed E-state index contributed by atoms with van der Waals surface area (Å²) in [5, 5.41) is 2.86. The molecular formula is C15H25N3O2. The van der Waals surface area contributed by atoms with Crippen LogP contribution in [0.1, 0.15) is 39.0 Å². The number of hydrogen-bond donors (Lipinski definition) is 1. The summed E-state index contributed by atoms with van der Waals surface area (Å²) in [6.07, 6.45) is 6.31. The monoisotopic (exact) mass is 279 g/mol. The number of nitrogens with one attached hydrogen (secondary N) is 1. The van der Waals surface area contributed by atoms with Crippen LogP contribution in [0.2, 0.25) is 0 Å². The van der Waals surface area contributed by atoms with Gasteiger partial charge in [-0.25, -0.2) is 4.79 Å². The molecule has 5 nitrogen and oxygen atoms in total. The molecular weight excluding hydrogens is 254 g/mol. The molecule has 2 atom stereocenters. The van der Waals surface area contributed by atoms with Crippen LogP contribution in [0.3, 0.4) is 0 Å². The Balaban J connectivity index is 1.53. The summed E-state index contributed by atoms with van der Waals surface area (Å²) in [6, 6.07) is 0.208. The highest BCUT2D eigenvalue weighted by Gasteiger charge is 2.37. The average Bonchev–Trinajstić information content (AvgIpc) is 3.08. The van der Waals surface area contributed by atoms with Gasteiger partial charge in [0, 0.05) is 32.1 Å². The van der Waals surface area contributed by atoms with E-state index in [9.17, 15) is 9.59 Å². The van der Waals surface area contributed by atoms with E-state index < -0.39 is 0 Å². The molecule has 112 valence electrons. The van der Waals surface area contributed by atoms with Gasteiger partial charge in [-0.05, 0) is 12.3 Å². The van der Waals surface area contributed by atoms with Gasteiger partial charge in [0.15, 0.2) is 0 Å². The molecule has 0 aromatic rings. The third-order valence-electron chi connectivity index (χ3n) is 5.13. The number of nitrogens with zero attached hydrogens (tertiary/aromatic N) is 2. The third kappa shape index (κ3) is 2.63. The predicted molar refractivity (Wildman–Crippen MR) is 76.2 cm³/mol. The first kappa shape index (κ1) is 13.7. The van der Waals surface area contributed by atoms with Crippen molar-refractivity contribution in [3.8, 4) is 0 Å². The van der Waals surface area contributed by atoms with Crippen LogP contribution in [0, 0.1) is 11.8 Å². The first-order chi connectivity index (χ1) is 9.65. The van der Waals surface area contributed by atoms with Gasteiger partial charge < -0.3 is 15.1 Å². The minimum Gasteiger partial charge on any atom is -0.339 e. The fourth-order valence-corrected chi connectivity index (χ4v) is 3.96. The van der Waals surface area contributed by atoms with Crippen molar-refractivity contribution in [2.24, 2.45) is 11.8 Å². The maximum atomic E-state index is 12.6. The Labute approximate surface area is 120 Å². The van der Waals surface area contributed by atoms with E-state index in [1.165, 1.54) is 25.7 Å². The molecule has 0 aromatic carbocycles. The molecule has 0 bridgehead atoms. The number of carbonyl (C=O) groups is 2. The van der Waals surface area contributed by atoms with Gasteiger partial charge in [-0.15, -0.1) is 0 Å². The molecule has 3 fully saturated rings. The van der Waals surface area contributed by atoms with Crippen molar-refractivity contribution in [1.82, 2.24) is 15.1 Å². The molecule has 2 aliphatic heterocycles. The van der Waals surface area contributed by atoms with Gasteiger partial charge in [0.05, 0.1) is 6.04 Å². The predicted octanol–water partition coefficient (Wildman–Crippen LogP) is 1.44. The highest BCUT2D eigenvalue weighted by molar-refractivity contribution is 5.80. The van der Waals surface area contributed by atoms with Gasteiger partial charge >= 0.3 is 6.03 Å². The molecule has 1 N–H and O–H groups in total. The van der Waals surface area contributed by atoms with Gasteiger partial charge in [-0.3, -0.25) is 4.79 Å². The topological polar surface area (TPSA) is 52.7 Å². The van der Waals surface area contributed by atoms with Crippen molar-refractivity contribution in [1.29, 1.82) is 0 Å². The standard InChI is InChI=1S/C15H25N3O2/c1-11(8-12-4-2-3-5-12)14(19)17-6-7-18-13(10-17)9-16-15(18)20/h11-13H,2-10H2,1H3,(H,16,20)/t11-,13+/m1/s1. The van der Waals surface area contributed by atoms with E-state index >= 15 is 0 Å². The number of piperazine rings is 1. The lowest BCUT2D eigenvalue weighted by atomic mass is 9.93. The molecule has 3 rings (SSSR count). The number of hydrogen-bond acceptors (Lipinski definition) is 2. The quantitative estimate of drug-likeness (QED) is 0.850. The van der Waals surface area contributed by atoms with Gasteiger partial charge in [-0.2, -0.15) is 0 Å². The Morgan fingerprint density at radius 1 is 1.35 bits per heavy atom. The average molecular weight is 279 g/mol. The zero-order chi connectivity index (χ0) is 14.1. The third-order valence-corrected chi connectivity index (χ3v) is 5.13. The van der Waals surface area contributed by atoms with E-state index in [2.05, 4.69) is 12.2 Å². The fourth-order valence-electron chi connectivity index (χ4n) is 3.96. The fraction of sp³-hybridized carbons (Fsp3) is 0.867. The molecule has 20 heavy (non-hydrogen) atoms. The number of amides is 3. The number of rotatable bonds is 3.